The molecule has 3 nitrogen and oxygen atoms in total. The Morgan fingerprint density at radius 2 is 1.95 bits per heavy atom. The van der Waals surface area contributed by atoms with E-state index >= 15 is 0 Å². The number of ether oxygens (including phenoxy) is 1. The normalized spacial score (nSPS) is 20.5. The first kappa shape index (κ1) is 17.4. The fourth-order valence-corrected chi connectivity index (χ4v) is 2.59. The van der Waals surface area contributed by atoms with Gasteiger partial charge in [0.1, 0.15) is 0 Å². The van der Waals surface area contributed by atoms with Crippen LogP contribution in [0.25, 0.3) is 0 Å². The van der Waals surface area contributed by atoms with Gasteiger partial charge in [0.2, 0.25) is 0 Å². The first-order chi connectivity index (χ1) is 8.98. The van der Waals surface area contributed by atoms with E-state index < -0.39 is 0 Å². The molecule has 2 N–H and O–H groups in total. The number of nitrogens with zero attached hydrogens (tertiary/aromatic N) is 1. The maximum atomic E-state index is 6.11. The SMILES string of the molecule is CCc1ccc(C2CN(CC(C)(C)N)CCO2)cc1.Cl. The average Bonchev–Trinajstić information content (AvgIpc) is 2.37. The first-order valence-corrected chi connectivity index (χ1v) is 7.19. The summed E-state index contributed by atoms with van der Waals surface area (Å²) in [5, 5.41) is 0. The molecule has 1 aromatic carbocycles. The summed E-state index contributed by atoms with van der Waals surface area (Å²) in [7, 11) is 0. The largest absolute Gasteiger partial charge is 0.371 e. The summed E-state index contributed by atoms with van der Waals surface area (Å²) in [6.45, 7) is 9.95. The maximum Gasteiger partial charge on any atom is 0.0952 e. The van der Waals surface area contributed by atoms with Crippen molar-refractivity contribution < 1.29 is 4.74 Å². The van der Waals surface area contributed by atoms with Gasteiger partial charge in [0.15, 0.2) is 0 Å². The zero-order valence-electron chi connectivity index (χ0n) is 12.8. The summed E-state index contributed by atoms with van der Waals surface area (Å²) in [5.74, 6) is 0. The van der Waals surface area contributed by atoms with E-state index in [1.807, 2.05) is 0 Å². The van der Waals surface area contributed by atoms with Crippen LogP contribution in [0.15, 0.2) is 24.3 Å². The summed E-state index contributed by atoms with van der Waals surface area (Å²) < 4.78 is 5.90. The zero-order valence-corrected chi connectivity index (χ0v) is 13.6. The van der Waals surface area contributed by atoms with Crippen molar-refractivity contribution in [3.05, 3.63) is 35.4 Å². The molecule has 1 unspecified atom stereocenters. The lowest BCUT2D eigenvalue weighted by molar-refractivity contribution is -0.0347. The van der Waals surface area contributed by atoms with E-state index in [-0.39, 0.29) is 24.0 Å². The van der Waals surface area contributed by atoms with Gasteiger partial charge in [-0.1, -0.05) is 31.2 Å². The van der Waals surface area contributed by atoms with Crippen LogP contribution >= 0.6 is 12.4 Å². The van der Waals surface area contributed by atoms with Crippen molar-refractivity contribution in [2.75, 3.05) is 26.2 Å². The summed E-state index contributed by atoms with van der Waals surface area (Å²) in [6.07, 6.45) is 1.27. The van der Waals surface area contributed by atoms with Crippen LogP contribution in [-0.4, -0.2) is 36.7 Å². The predicted molar refractivity (Wildman–Crippen MR) is 86.5 cm³/mol. The van der Waals surface area contributed by atoms with Crippen LogP contribution in [-0.2, 0) is 11.2 Å². The highest BCUT2D eigenvalue weighted by molar-refractivity contribution is 5.85. The van der Waals surface area contributed by atoms with Gasteiger partial charge < -0.3 is 10.5 Å². The topological polar surface area (TPSA) is 38.5 Å². The van der Waals surface area contributed by atoms with Crippen molar-refractivity contribution in [1.82, 2.24) is 4.90 Å². The van der Waals surface area contributed by atoms with Gasteiger partial charge in [-0.05, 0) is 31.4 Å². The minimum absolute atomic E-state index is 0. The minimum Gasteiger partial charge on any atom is -0.371 e. The molecular weight excluding hydrogens is 272 g/mol. The van der Waals surface area contributed by atoms with Gasteiger partial charge in [-0.3, -0.25) is 4.90 Å². The van der Waals surface area contributed by atoms with E-state index in [0.29, 0.717) is 0 Å². The van der Waals surface area contributed by atoms with Gasteiger partial charge in [-0.25, -0.2) is 0 Å². The second-order valence-corrected chi connectivity index (χ2v) is 6.18. The Balaban J connectivity index is 0.00000200. The summed E-state index contributed by atoms with van der Waals surface area (Å²) in [6, 6.07) is 8.79. The lowest BCUT2D eigenvalue weighted by Crippen LogP contribution is -2.49. The average molecular weight is 299 g/mol. The monoisotopic (exact) mass is 298 g/mol. The third kappa shape index (κ3) is 5.06. The van der Waals surface area contributed by atoms with Crippen LogP contribution in [0.4, 0.5) is 0 Å². The molecule has 0 aliphatic carbocycles. The van der Waals surface area contributed by atoms with E-state index in [0.717, 1.165) is 32.7 Å². The molecule has 1 aliphatic rings. The third-order valence-electron chi connectivity index (χ3n) is 3.54. The predicted octanol–water partition coefficient (Wildman–Crippen LogP) is 2.78. The van der Waals surface area contributed by atoms with E-state index in [1.54, 1.807) is 0 Å². The number of hydrogen-bond acceptors (Lipinski definition) is 3. The molecule has 1 atom stereocenters. The lowest BCUT2D eigenvalue weighted by atomic mass is 10.0. The molecule has 0 spiro atoms. The van der Waals surface area contributed by atoms with E-state index in [9.17, 15) is 0 Å². The Hall–Kier alpha value is -0.610. The lowest BCUT2D eigenvalue weighted by Gasteiger charge is -2.36. The summed E-state index contributed by atoms with van der Waals surface area (Å²) in [5.41, 5.74) is 8.61. The molecule has 0 radical (unpaired) electrons. The van der Waals surface area contributed by atoms with E-state index in [2.05, 4.69) is 49.9 Å². The van der Waals surface area contributed by atoms with E-state index in [4.69, 9.17) is 10.5 Å². The standard InChI is InChI=1S/C16H26N2O.ClH/c1-4-13-5-7-14(8-6-13)15-11-18(9-10-19-15)12-16(2,3)17;/h5-8,15H,4,9-12,17H2,1-3H3;1H. The number of hydrogen-bond donors (Lipinski definition) is 1. The van der Waals surface area contributed by atoms with Crippen molar-refractivity contribution in [2.24, 2.45) is 5.73 Å². The maximum absolute atomic E-state index is 6.11. The fraction of sp³-hybridized carbons (Fsp3) is 0.625. The second-order valence-electron chi connectivity index (χ2n) is 6.18. The van der Waals surface area contributed by atoms with Crippen LogP contribution in [0.5, 0.6) is 0 Å². The molecule has 114 valence electrons. The Bertz CT molecular complexity index is 400. The van der Waals surface area contributed by atoms with E-state index in [1.165, 1.54) is 11.1 Å². The van der Waals surface area contributed by atoms with Crippen LogP contribution < -0.4 is 5.73 Å². The molecular formula is C16H27ClN2O. The highest BCUT2D eigenvalue weighted by Gasteiger charge is 2.25. The van der Waals surface area contributed by atoms with Crippen LogP contribution in [0.2, 0.25) is 0 Å². The van der Waals surface area contributed by atoms with Crippen LogP contribution in [0.1, 0.15) is 38.0 Å². The molecule has 1 fully saturated rings. The minimum atomic E-state index is -0.145. The highest BCUT2D eigenvalue weighted by Crippen LogP contribution is 2.23. The molecule has 0 amide bonds. The Morgan fingerprint density at radius 3 is 2.50 bits per heavy atom. The Kier molecular flexibility index (Phi) is 6.46. The van der Waals surface area contributed by atoms with Crippen molar-refractivity contribution in [3.8, 4) is 0 Å². The molecule has 0 aromatic heterocycles. The third-order valence-corrected chi connectivity index (χ3v) is 3.54. The molecule has 0 bridgehead atoms. The molecule has 1 aromatic rings. The van der Waals surface area contributed by atoms with Gasteiger partial charge in [-0.15, -0.1) is 12.4 Å². The highest BCUT2D eigenvalue weighted by atomic mass is 35.5. The molecule has 0 saturated carbocycles. The molecule has 2 rings (SSSR count). The van der Waals surface area contributed by atoms with Crippen LogP contribution in [0.3, 0.4) is 0 Å². The second kappa shape index (κ2) is 7.41. The molecule has 1 heterocycles. The summed E-state index contributed by atoms with van der Waals surface area (Å²) in [4.78, 5) is 2.40. The van der Waals surface area contributed by atoms with Crippen molar-refractivity contribution in [3.63, 3.8) is 0 Å². The van der Waals surface area contributed by atoms with Gasteiger partial charge in [0.05, 0.1) is 12.7 Å². The van der Waals surface area contributed by atoms with Crippen molar-refractivity contribution in [2.45, 2.75) is 38.8 Å². The Morgan fingerprint density at radius 1 is 1.30 bits per heavy atom. The zero-order chi connectivity index (χ0) is 13.9. The fourth-order valence-electron chi connectivity index (χ4n) is 2.59. The van der Waals surface area contributed by atoms with Crippen molar-refractivity contribution in [1.29, 1.82) is 0 Å². The number of rotatable bonds is 4. The number of halogens is 1. The number of nitrogens with two attached hydrogens (primary N) is 1. The first-order valence-electron chi connectivity index (χ1n) is 7.19. The van der Waals surface area contributed by atoms with Gasteiger partial charge in [-0.2, -0.15) is 0 Å². The number of morpholine rings is 1. The number of aryl methyl sites for hydroxylation is 1. The summed E-state index contributed by atoms with van der Waals surface area (Å²) >= 11 is 0. The Labute approximate surface area is 128 Å². The molecule has 20 heavy (non-hydrogen) atoms. The van der Waals surface area contributed by atoms with Crippen LogP contribution in [0, 0.1) is 0 Å². The number of benzene rings is 1. The molecule has 4 heteroatoms. The quantitative estimate of drug-likeness (QED) is 0.929. The van der Waals surface area contributed by atoms with Gasteiger partial charge >= 0.3 is 0 Å². The molecule has 1 aliphatic heterocycles. The smallest absolute Gasteiger partial charge is 0.0952 e. The van der Waals surface area contributed by atoms with Gasteiger partial charge in [0, 0.05) is 25.2 Å². The molecule has 1 saturated heterocycles. The van der Waals surface area contributed by atoms with Gasteiger partial charge in [0.25, 0.3) is 0 Å². The van der Waals surface area contributed by atoms with Crippen molar-refractivity contribution >= 4 is 12.4 Å².